The van der Waals surface area contributed by atoms with E-state index in [0.29, 0.717) is 5.92 Å². The fraction of sp³-hybridized carbons (Fsp3) is 0.647. The van der Waals surface area contributed by atoms with Crippen LogP contribution in [0.4, 0.5) is 0 Å². The summed E-state index contributed by atoms with van der Waals surface area (Å²) in [6.45, 7) is 17.0. The Labute approximate surface area is 109 Å². The van der Waals surface area contributed by atoms with Crippen molar-refractivity contribution in [3.63, 3.8) is 0 Å². The first-order chi connectivity index (χ1) is 8.08. The molecule has 0 radical (unpaired) electrons. The highest BCUT2D eigenvalue weighted by Gasteiger charge is 2.13. The largest absolute Gasteiger partial charge is 0.0988 e. The highest BCUT2D eigenvalue weighted by molar-refractivity contribution is 5.36. The van der Waals surface area contributed by atoms with Gasteiger partial charge in [0, 0.05) is 0 Å². The van der Waals surface area contributed by atoms with E-state index in [-0.39, 0.29) is 0 Å². The molecule has 0 rings (SSSR count). The normalized spacial score (nSPS) is 14.1. The van der Waals surface area contributed by atoms with Gasteiger partial charge in [-0.05, 0) is 49.3 Å². The maximum atomic E-state index is 4.32. The molecule has 0 aliphatic heterocycles. The second-order valence-corrected chi connectivity index (χ2v) is 5.02. The zero-order valence-corrected chi connectivity index (χ0v) is 12.3. The summed E-state index contributed by atoms with van der Waals surface area (Å²) in [4.78, 5) is 0. The molecule has 0 saturated carbocycles. The Morgan fingerprint density at radius 2 is 1.71 bits per heavy atom. The molecule has 0 aliphatic carbocycles. The number of rotatable bonds is 9. The van der Waals surface area contributed by atoms with Gasteiger partial charge in [-0.2, -0.15) is 0 Å². The summed E-state index contributed by atoms with van der Waals surface area (Å²) in [5.74, 6) is 0.668. The second kappa shape index (κ2) is 9.27. The Bertz CT molecular complexity index is 268. The van der Waals surface area contributed by atoms with Crippen LogP contribution in [-0.4, -0.2) is 0 Å². The summed E-state index contributed by atoms with van der Waals surface area (Å²) in [7, 11) is 0. The number of allylic oxidation sites excluding steroid dienone is 4. The van der Waals surface area contributed by atoms with Gasteiger partial charge in [-0.25, -0.2) is 0 Å². The maximum absolute atomic E-state index is 4.32. The van der Waals surface area contributed by atoms with Crippen LogP contribution < -0.4 is 0 Å². The van der Waals surface area contributed by atoms with Crippen LogP contribution in [0.5, 0.6) is 0 Å². The van der Waals surface area contributed by atoms with E-state index in [1.165, 1.54) is 55.2 Å². The summed E-state index contributed by atoms with van der Waals surface area (Å²) in [5.41, 5.74) is 3.95. The van der Waals surface area contributed by atoms with Crippen LogP contribution in [0.25, 0.3) is 0 Å². The zero-order valence-electron chi connectivity index (χ0n) is 12.3. The average Bonchev–Trinajstić information content (AvgIpc) is 2.35. The summed E-state index contributed by atoms with van der Waals surface area (Å²) in [6, 6.07) is 0. The van der Waals surface area contributed by atoms with Gasteiger partial charge in [-0.3, -0.25) is 0 Å². The third kappa shape index (κ3) is 5.91. The van der Waals surface area contributed by atoms with Crippen LogP contribution in [-0.2, 0) is 0 Å². The van der Waals surface area contributed by atoms with Crippen molar-refractivity contribution in [3.8, 4) is 0 Å². The summed E-state index contributed by atoms with van der Waals surface area (Å²) in [5, 5.41) is 0. The first-order valence-electron chi connectivity index (χ1n) is 7.07. The number of hydrogen-bond donors (Lipinski definition) is 0. The van der Waals surface area contributed by atoms with E-state index in [4.69, 9.17) is 0 Å². The molecule has 0 aromatic rings. The molecule has 0 bridgehead atoms. The zero-order chi connectivity index (χ0) is 13.3. The Morgan fingerprint density at radius 3 is 2.18 bits per heavy atom. The average molecular weight is 234 g/mol. The van der Waals surface area contributed by atoms with Crippen molar-refractivity contribution in [2.75, 3.05) is 0 Å². The molecule has 0 N–H and O–H groups in total. The number of hydrogen-bond acceptors (Lipinski definition) is 0. The van der Waals surface area contributed by atoms with Gasteiger partial charge in [0.05, 0.1) is 0 Å². The van der Waals surface area contributed by atoms with E-state index in [2.05, 4.69) is 40.9 Å². The molecule has 98 valence electrons. The van der Waals surface area contributed by atoms with E-state index in [1.54, 1.807) is 0 Å². The highest BCUT2D eigenvalue weighted by atomic mass is 14.2. The van der Waals surface area contributed by atoms with Crippen molar-refractivity contribution in [1.82, 2.24) is 0 Å². The molecule has 1 atom stereocenters. The monoisotopic (exact) mass is 234 g/mol. The minimum Gasteiger partial charge on any atom is -0.0988 e. The molecule has 0 aliphatic rings. The lowest BCUT2D eigenvalue weighted by atomic mass is 9.85. The lowest BCUT2D eigenvalue weighted by Crippen LogP contribution is -2.05. The van der Waals surface area contributed by atoms with Crippen molar-refractivity contribution in [2.24, 2.45) is 5.92 Å². The maximum Gasteiger partial charge on any atom is -0.0165 e. The fourth-order valence-corrected chi connectivity index (χ4v) is 2.19. The lowest BCUT2D eigenvalue weighted by Gasteiger charge is -2.20. The summed E-state index contributed by atoms with van der Waals surface area (Å²) in [6.07, 6.45) is 9.72. The van der Waals surface area contributed by atoms with Gasteiger partial charge < -0.3 is 0 Å². The van der Waals surface area contributed by atoms with Crippen LogP contribution in [0.1, 0.15) is 66.2 Å². The van der Waals surface area contributed by atoms with Gasteiger partial charge in [0.15, 0.2) is 0 Å². The topological polar surface area (TPSA) is 0 Å². The minimum absolute atomic E-state index is 0.668. The Kier molecular flexibility index (Phi) is 8.85. The standard InChI is InChI=1S/C17H30/c1-7-10-11-13-17(12-8-2)16(6)15(5)14(4)9-3/h9,17H,3,6-8,10-13H2,1-2,4-5H3/b15-14-. The predicted octanol–water partition coefficient (Wildman–Crippen LogP) is 6.06. The van der Waals surface area contributed by atoms with Crippen molar-refractivity contribution < 1.29 is 0 Å². The van der Waals surface area contributed by atoms with Gasteiger partial charge >= 0.3 is 0 Å². The van der Waals surface area contributed by atoms with Crippen molar-refractivity contribution in [3.05, 3.63) is 36.0 Å². The Hall–Kier alpha value is -0.780. The van der Waals surface area contributed by atoms with Gasteiger partial charge in [-0.15, -0.1) is 0 Å². The van der Waals surface area contributed by atoms with Gasteiger partial charge in [-0.1, -0.05) is 58.8 Å². The molecular weight excluding hydrogens is 204 g/mol. The molecule has 0 spiro atoms. The molecule has 0 amide bonds. The van der Waals surface area contributed by atoms with Gasteiger partial charge in [0.2, 0.25) is 0 Å². The lowest BCUT2D eigenvalue weighted by molar-refractivity contribution is 0.484. The third-order valence-corrected chi connectivity index (χ3v) is 3.67. The third-order valence-electron chi connectivity index (χ3n) is 3.67. The molecule has 1 unspecified atom stereocenters. The van der Waals surface area contributed by atoms with E-state index < -0.39 is 0 Å². The van der Waals surface area contributed by atoms with E-state index >= 15 is 0 Å². The second-order valence-electron chi connectivity index (χ2n) is 5.02. The molecule has 0 aromatic carbocycles. The summed E-state index contributed by atoms with van der Waals surface area (Å²) < 4.78 is 0. The Balaban J connectivity index is 4.58. The Morgan fingerprint density at radius 1 is 1.06 bits per heavy atom. The number of unbranched alkanes of at least 4 members (excludes halogenated alkanes) is 2. The SMILES string of the molecule is C=C/C(C)=C(/C)C(=C)C(CCC)CCCCC. The molecule has 17 heavy (non-hydrogen) atoms. The molecule has 0 nitrogen and oxygen atoms in total. The van der Waals surface area contributed by atoms with Gasteiger partial charge in [0.25, 0.3) is 0 Å². The van der Waals surface area contributed by atoms with E-state index in [0.717, 1.165) is 0 Å². The molecular formula is C17H30. The van der Waals surface area contributed by atoms with Crippen LogP contribution in [0.15, 0.2) is 36.0 Å². The first-order valence-corrected chi connectivity index (χ1v) is 7.07. The van der Waals surface area contributed by atoms with Crippen LogP contribution in [0.3, 0.4) is 0 Å². The van der Waals surface area contributed by atoms with Crippen LogP contribution >= 0.6 is 0 Å². The van der Waals surface area contributed by atoms with Crippen molar-refractivity contribution >= 4 is 0 Å². The quantitative estimate of drug-likeness (QED) is 0.336. The fourth-order valence-electron chi connectivity index (χ4n) is 2.19. The first kappa shape index (κ1) is 16.2. The summed E-state index contributed by atoms with van der Waals surface area (Å²) >= 11 is 0. The smallest absolute Gasteiger partial charge is 0.0165 e. The highest BCUT2D eigenvalue weighted by Crippen LogP contribution is 2.29. The van der Waals surface area contributed by atoms with Gasteiger partial charge in [0.1, 0.15) is 0 Å². The van der Waals surface area contributed by atoms with Crippen molar-refractivity contribution in [2.45, 2.75) is 66.2 Å². The minimum atomic E-state index is 0.668. The predicted molar refractivity (Wildman–Crippen MR) is 80.3 cm³/mol. The molecule has 0 aromatic heterocycles. The van der Waals surface area contributed by atoms with E-state index in [1.807, 2.05) is 6.08 Å². The van der Waals surface area contributed by atoms with Crippen LogP contribution in [0, 0.1) is 5.92 Å². The molecule has 0 saturated heterocycles. The molecule has 0 heteroatoms. The molecule has 0 fully saturated rings. The van der Waals surface area contributed by atoms with E-state index in [9.17, 15) is 0 Å². The molecule has 0 heterocycles. The van der Waals surface area contributed by atoms with Crippen molar-refractivity contribution in [1.29, 1.82) is 0 Å². The van der Waals surface area contributed by atoms with Crippen LogP contribution in [0.2, 0.25) is 0 Å².